The van der Waals surface area contributed by atoms with Crippen molar-refractivity contribution in [3.8, 4) is 5.75 Å². The molecule has 3 heterocycles. The summed E-state index contributed by atoms with van der Waals surface area (Å²) in [6.45, 7) is 7.43. The van der Waals surface area contributed by atoms with Crippen LogP contribution in [0.5, 0.6) is 5.75 Å². The van der Waals surface area contributed by atoms with E-state index in [-0.39, 0.29) is 12.0 Å². The van der Waals surface area contributed by atoms with Crippen LogP contribution in [-0.2, 0) is 9.53 Å². The SMILES string of the molecule is CC(C)(C)OC(=O)N1CCCC[C@@H]1C(=O)Nc1ccc(O[C@H]2CCN(c3ccc(Cl)cn3)C2)c(Cl)c1. The van der Waals surface area contributed by atoms with Gasteiger partial charge in [0.25, 0.3) is 0 Å². The second kappa shape index (κ2) is 11.1. The summed E-state index contributed by atoms with van der Waals surface area (Å²) in [4.78, 5) is 33.7. The lowest BCUT2D eigenvalue weighted by Gasteiger charge is -2.35. The van der Waals surface area contributed by atoms with E-state index in [1.54, 1.807) is 24.4 Å². The van der Waals surface area contributed by atoms with Gasteiger partial charge >= 0.3 is 6.09 Å². The number of nitrogens with zero attached hydrogens (tertiary/aromatic N) is 3. The highest BCUT2D eigenvalue weighted by molar-refractivity contribution is 6.32. The lowest BCUT2D eigenvalue weighted by Crippen LogP contribution is -2.51. The van der Waals surface area contributed by atoms with Crippen LogP contribution >= 0.6 is 23.2 Å². The molecule has 8 nitrogen and oxygen atoms in total. The maximum Gasteiger partial charge on any atom is 0.410 e. The summed E-state index contributed by atoms with van der Waals surface area (Å²) in [6.07, 6.45) is 4.26. The molecule has 1 aromatic heterocycles. The van der Waals surface area contributed by atoms with Crippen LogP contribution < -0.4 is 15.0 Å². The number of benzene rings is 1. The van der Waals surface area contributed by atoms with Crippen LogP contribution in [0.25, 0.3) is 0 Å². The van der Waals surface area contributed by atoms with Crippen LogP contribution in [-0.4, -0.2) is 59.3 Å². The minimum Gasteiger partial charge on any atom is -0.487 e. The maximum atomic E-state index is 13.1. The van der Waals surface area contributed by atoms with Gasteiger partial charge in [-0.3, -0.25) is 9.69 Å². The monoisotopic (exact) mass is 534 g/mol. The predicted octanol–water partition coefficient (Wildman–Crippen LogP) is 5.77. The number of piperidine rings is 1. The molecule has 1 N–H and O–H groups in total. The average molecular weight is 535 g/mol. The Hall–Kier alpha value is -2.71. The summed E-state index contributed by atoms with van der Waals surface area (Å²) in [5, 5.41) is 3.91. The number of hydrogen-bond acceptors (Lipinski definition) is 6. The van der Waals surface area contributed by atoms with Crippen LogP contribution in [0, 0.1) is 0 Å². The largest absolute Gasteiger partial charge is 0.487 e. The van der Waals surface area contributed by atoms with Crippen molar-refractivity contribution in [2.75, 3.05) is 29.9 Å². The molecule has 2 atom stereocenters. The highest BCUT2D eigenvalue weighted by Gasteiger charge is 2.35. The number of anilines is 2. The minimum atomic E-state index is -0.624. The third kappa shape index (κ3) is 6.73. The van der Waals surface area contributed by atoms with Crippen LogP contribution in [0.3, 0.4) is 0 Å². The van der Waals surface area contributed by atoms with Gasteiger partial charge in [0.2, 0.25) is 5.91 Å². The topological polar surface area (TPSA) is 84.0 Å². The number of amides is 2. The van der Waals surface area contributed by atoms with Crippen molar-refractivity contribution >= 4 is 46.7 Å². The van der Waals surface area contributed by atoms with Gasteiger partial charge in [0.1, 0.15) is 29.3 Å². The van der Waals surface area contributed by atoms with Crippen molar-refractivity contribution in [1.29, 1.82) is 0 Å². The molecule has 36 heavy (non-hydrogen) atoms. The number of halogens is 2. The standard InChI is InChI=1S/C26H32Cl2N4O4/c1-26(2,3)36-25(34)32-12-5-4-6-21(32)24(33)30-18-8-9-22(20(28)14-18)35-19-11-13-31(16-19)23-10-7-17(27)15-29-23/h7-10,14-15,19,21H,4-6,11-13,16H2,1-3H3,(H,30,33)/t19-,21+/m0/s1. The lowest BCUT2D eigenvalue weighted by atomic mass is 10.0. The lowest BCUT2D eigenvalue weighted by molar-refractivity contribution is -0.122. The Bertz CT molecular complexity index is 1090. The number of rotatable bonds is 5. The van der Waals surface area contributed by atoms with Gasteiger partial charge in [0.15, 0.2) is 0 Å². The normalized spacial score (nSPS) is 20.2. The van der Waals surface area contributed by atoms with E-state index in [9.17, 15) is 9.59 Å². The molecule has 0 radical (unpaired) electrons. The number of carbonyl (C=O) groups excluding carboxylic acids is 2. The van der Waals surface area contributed by atoms with Gasteiger partial charge in [-0.25, -0.2) is 9.78 Å². The Labute approximate surface area is 221 Å². The molecular formula is C26H32Cl2N4O4. The van der Waals surface area contributed by atoms with E-state index in [4.69, 9.17) is 32.7 Å². The van der Waals surface area contributed by atoms with E-state index < -0.39 is 17.7 Å². The second-order valence-electron chi connectivity index (χ2n) is 10.1. The number of carbonyl (C=O) groups is 2. The smallest absolute Gasteiger partial charge is 0.410 e. The molecule has 2 amide bonds. The Kier molecular flexibility index (Phi) is 8.15. The third-order valence-electron chi connectivity index (χ3n) is 6.11. The van der Waals surface area contributed by atoms with Crippen LogP contribution in [0.4, 0.5) is 16.3 Å². The molecule has 4 rings (SSSR count). The summed E-state index contributed by atoms with van der Waals surface area (Å²) >= 11 is 12.4. The zero-order valence-electron chi connectivity index (χ0n) is 20.8. The molecule has 1 aromatic carbocycles. The molecule has 0 aliphatic carbocycles. The molecule has 2 aliphatic rings. The summed E-state index contributed by atoms with van der Waals surface area (Å²) in [6, 6.07) is 8.31. The number of aromatic nitrogens is 1. The predicted molar refractivity (Wildman–Crippen MR) is 141 cm³/mol. The van der Waals surface area contributed by atoms with E-state index >= 15 is 0 Å². The molecule has 0 spiro atoms. The zero-order chi connectivity index (χ0) is 25.9. The quantitative estimate of drug-likeness (QED) is 0.523. The van der Waals surface area contributed by atoms with E-state index in [0.29, 0.717) is 41.0 Å². The van der Waals surface area contributed by atoms with Crippen molar-refractivity contribution in [1.82, 2.24) is 9.88 Å². The number of pyridine rings is 1. The molecule has 0 saturated carbocycles. The van der Waals surface area contributed by atoms with Crippen molar-refractivity contribution < 1.29 is 19.1 Å². The first-order valence-electron chi connectivity index (χ1n) is 12.2. The van der Waals surface area contributed by atoms with Crippen molar-refractivity contribution in [3.63, 3.8) is 0 Å². The fourth-order valence-corrected chi connectivity index (χ4v) is 4.75. The summed E-state index contributed by atoms with van der Waals surface area (Å²) in [7, 11) is 0. The number of likely N-dealkylation sites (tertiary alicyclic amines) is 1. The Balaban J connectivity index is 1.35. The fraction of sp³-hybridized carbons (Fsp3) is 0.500. The maximum absolute atomic E-state index is 13.1. The Morgan fingerprint density at radius 2 is 1.89 bits per heavy atom. The molecule has 2 aliphatic heterocycles. The molecule has 0 bridgehead atoms. The molecule has 0 unspecified atom stereocenters. The van der Waals surface area contributed by atoms with Crippen molar-refractivity contribution in [2.24, 2.45) is 0 Å². The molecule has 10 heteroatoms. The average Bonchev–Trinajstić information content (AvgIpc) is 3.29. The van der Waals surface area contributed by atoms with E-state index in [1.165, 1.54) is 4.90 Å². The van der Waals surface area contributed by atoms with Crippen LogP contribution in [0.2, 0.25) is 10.0 Å². The highest BCUT2D eigenvalue weighted by atomic mass is 35.5. The third-order valence-corrected chi connectivity index (χ3v) is 6.63. The fourth-order valence-electron chi connectivity index (χ4n) is 4.41. The molecule has 2 saturated heterocycles. The van der Waals surface area contributed by atoms with Crippen LogP contribution in [0.15, 0.2) is 36.5 Å². The van der Waals surface area contributed by atoms with Gasteiger partial charge in [-0.2, -0.15) is 0 Å². The first kappa shape index (κ1) is 26.4. The van der Waals surface area contributed by atoms with Gasteiger partial charge in [-0.15, -0.1) is 0 Å². The molecular weight excluding hydrogens is 503 g/mol. The molecule has 2 fully saturated rings. The van der Waals surface area contributed by atoms with Gasteiger partial charge in [0, 0.05) is 31.4 Å². The summed E-state index contributed by atoms with van der Waals surface area (Å²) in [5.41, 5.74) is -0.0777. The second-order valence-corrected chi connectivity index (χ2v) is 11.0. The van der Waals surface area contributed by atoms with Gasteiger partial charge in [0.05, 0.1) is 16.6 Å². The Morgan fingerprint density at radius 1 is 1.08 bits per heavy atom. The molecule has 2 aromatic rings. The minimum absolute atomic E-state index is 0.0370. The van der Waals surface area contributed by atoms with Crippen molar-refractivity contribution in [2.45, 2.75) is 64.2 Å². The summed E-state index contributed by atoms with van der Waals surface area (Å²) in [5.74, 6) is 1.16. The van der Waals surface area contributed by atoms with Crippen LogP contribution in [0.1, 0.15) is 46.5 Å². The van der Waals surface area contributed by atoms with Gasteiger partial charge in [-0.05, 0) is 70.4 Å². The molecule has 194 valence electrons. The van der Waals surface area contributed by atoms with E-state index in [1.807, 2.05) is 32.9 Å². The first-order valence-corrected chi connectivity index (χ1v) is 13.0. The number of nitrogens with one attached hydrogen (secondary N) is 1. The van der Waals surface area contributed by atoms with Gasteiger partial charge in [-0.1, -0.05) is 23.2 Å². The van der Waals surface area contributed by atoms with E-state index in [0.717, 1.165) is 31.6 Å². The summed E-state index contributed by atoms with van der Waals surface area (Å²) < 4.78 is 11.6. The highest BCUT2D eigenvalue weighted by Crippen LogP contribution is 2.31. The number of ether oxygens (including phenoxy) is 2. The van der Waals surface area contributed by atoms with Gasteiger partial charge < -0.3 is 19.7 Å². The van der Waals surface area contributed by atoms with E-state index in [2.05, 4.69) is 15.2 Å². The van der Waals surface area contributed by atoms with Crippen molar-refractivity contribution in [3.05, 3.63) is 46.6 Å². The Morgan fingerprint density at radius 3 is 2.58 bits per heavy atom. The first-order chi connectivity index (χ1) is 17.1. The zero-order valence-corrected chi connectivity index (χ0v) is 22.3. The number of hydrogen-bond donors (Lipinski definition) is 1.